The van der Waals surface area contributed by atoms with E-state index in [-0.39, 0.29) is 5.91 Å². The van der Waals surface area contributed by atoms with E-state index in [1.165, 1.54) is 17.4 Å². The Morgan fingerprint density at radius 3 is 2.55 bits per heavy atom. The molecular formula is C23H20Cl2N2O3S. The second-order valence-corrected chi connectivity index (χ2v) is 9.29. The van der Waals surface area contributed by atoms with E-state index >= 15 is 0 Å². The molecule has 0 saturated heterocycles. The maximum absolute atomic E-state index is 12.5. The number of carbonyl (C=O) groups excluding carboxylic acids is 2. The van der Waals surface area contributed by atoms with Gasteiger partial charge in [0.15, 0.2) is 0 Å². The highest BCUT2D eigenvalue weighted by Gasteiger charge is 2.23. The number of nitrogens with one attached hydrogen (secondary N) is 1. The maximum Gasteiger partial charge on any atom is 0.251 e. The molecule has 0 unspecified atom stereocenters. The van der Waals surface area contributed by atoms with Gasteiger partial charge in [-0.1, -0.05) is 29.6 Å². The number of nitrogens with two attached hydrogens (primary N) is 1. The van der Waals surface area contributed by atoms with Gasteiger partial charge in [-0.3, -0.25) is 9.59 Å². The zero-order chi connectivity index (χ0) is 22.0. The van der Waals surface area contributed by atoms with Gasteiger partial charge in [0, 0.05) is 26.6 Å². The van der Waals surface area contributed by atoms with Crippen molar-refractivity contribution in [3.63, 3.8) is 0 Å². The van der Waals surface area contributed by atoms with Crippen molar-refractivity contribution in [1.29, 1.82) is 0 Å². The Hall–Kier alpha value is -2.54. The molecule has 5 nitrogen and oxygen atoms in total. The third kappa shape index (κ3) is 5.03. The smallest absolute Gasteiger partial charge is 0.251 e. The average molecular weight is 475 g/mol. The number of furan rings is 1. The van der Waals surface area contributed by atoms with E-state index in [1.54, 1.807) is 36.4 Å². The summed E-state index contributed by atoms with van der Waals surface area (Å²) in [5.41, 5.74) is 7.80. The first-order valence-corrected chi connectivity index (χ1v) is 11.5. The third-order valence-corrected chi connectivity index (χ3v) is 6.72. The van der Waals surface area contributed by atoms with Crippen molar-refractivity contribution < 1.29 is 14.0 Å². The van der Waals surface area contributed by atoms with Gasteiger partial charge in [0.1, 0.15) is 16.5 Å². The number of hydrogen-bond donors (Lipinski definition) is 2. The fourth-order valence-electron chi connectivity index (χ4n) is 3.70. The van der Waals surface area contributed by atoms with E-state index in [2.05, 4.69) is 5.32 Å². The van der Waals surface area contributed by atoms with Gasteiger partial charge in [0.25, 0.3) is 5.91 Å². The standard InChI is InChI=1S/C23H20Cl2N2O3S/c24-14-10-13(11-15(25)12-14)18-8-6-16(30-18)7-9-20(28)27-23-21(22(26)29)17-4-2-1-3-5-19(17)31-23/h6-12H,1-5H2,(H2,26,29)(H,27,28)/b9-7+. The third-order valence-electron chi connectivity index (χ3n) is 5.08. The van der Waals surface area contributed by atoms with Gasteiger partial charge in [0.05, 0.1) is 5.56 Å². The summed E-state index contributed by atoms with van der Waals surface area (Å²) in [6, 6.07) is 8.67. The molecule has 31 heavy (non-hydrogen) atoms. The van der Waals surface area contributed by atoms with E-state index in [1.807, 2.05) is 0 Å². The highest BCUT2D eigenvalue weighted by atomic mass is 35.5. The first-order chi connectivity index (χ1) is 14.9. The first kappa shape index (κ1) is 21.7. The Balaban J connectivity index is 1.50. The van der Waals surface area contributed by atoms with Crippen molar-refractivity contribution in [2.24, 2.45) is 5.73 Å². The Labute approximate surface area is 193 Å². The summed E-state index contributed by atoms with van der Waals surface area (Å²) in [4.78, 5) is 25.7. The minimum atomic E-state index is -0.505. The summed E-state index contributed by atoms with van der Waals surface area (Å²) in [6.45, 7) is 0. The van der Waals surface area contributed by atoms with Gasteiger partial charge >= 0.3 is 0 Å². The molecule has 0 atom stereocenters. The van der Waals surface area contributed by atoms with E-state index < -0.39 is 5.91 Å². The predicted molar refractivity (Wildman–Crippen MR) is 126 cm³/mol. The van der Waals surface area contributed by atoms with E-state index in [9.17, 15) is 9.59 Å². The molecule has 3 N–H and O–H groups in total. The van der Waals surface area contributed by atoms with Gasteiger partial charge in [0.2, 0.25) is 5.91 Å². The van der Waals surface area contributed by atoms with E-state index in [0.29, 0.717) is 32.1 Å². The molecule has 1 aliphatic carbocycles. The van der Waals surface area contributed by atoms with Crippen LogP contribution in [0.1, 0.15) is 45.8 Å². The Kier molecular flexibility index (Phi) is 6.51. The summed E-state index contributed by atoms with van der Waals surface area (Å²) in [5, 5.41) is 4.34. The highest BCUT2D eigenvalue weighted by Crippen LogP contribution is 2.37. The van der Waals surface area contributed by atoms with Crippen molar-refractivity contribution in [2.45, 2.75) is 32.1 Å². The van der Waals surface area contributed by atoms with Gasteiger partial charge in [-0.15, -0.1) is 11.3 Å². The van der Waals surface area contributed by atoms with Crippen molar-refractivity contribution in [3.8, 4) is 11.3 Å². The molecule has 1 aliphatic rings. The monoisotopic (exact) mass is 474 g/mol. The van der Waals surface area contributed by atoms with Crippen LogP contribution in [0.5, 0.6) is 0 Å². The molecule has 0 radical (unpaired) electrons. The number of anilines is 1. The maximum atomic E-state index is 12.5. The van der Waals surface area contributed by atoms with Crippen molar-refractivity contribution in [3.05, 3.63) is 68.2 Å². The average Bonchev–Trinajstić information content (AvgIpc) is 3.24. The molecule has 2 aromatic heterocycles. The van der Waals surface area contributed by atoms with Gasteiger partial charge in [-0.05, 0) is 67.7 Å². The van der Waals surface area contributed by atoms with Crippen molar-refractivity contribution in [2.75, 3.05) is 5.32 Å². The van der Waals surface area contributed by atoms with Crippen LogP contribution in [0.15, 0.2) is 40.8 Å². The first-order valence-electron chi connectivity index (χ1n) is 9.90. The molecule has 0 aliphatic heterocycles. The molecule has 3 aromatic rings. The van der Waals surface area contributed by atoms with Gasteiger partial charge in [-0.2, -0.15) is 0 Å². The Morgan fingerprint density at radius 2 is 1.81 bits per heavy atom. The largest absolute Gasteiger partial charge is 0.457 e. The van der Waals surface area contributed by atoms with E-state index in [4.69, 9.17) is 33.4 Å². The molecule has 0 fully saturated rings. The van der Waals surface area contributed by atoms with Crippen molar-refractivity contribution >= 4 is 57.4 Å². The quantitative estimate of drug-likeness (QED) is 0.334. The molecular weight excluding hydrogens is 455 g/mol. The molecule has 0 spiro atoms. The van der Waals surface area contributed by atoms with Gasteiger partial charge < -0.3 is 15.5 Å². The summed E-state index contributed by atoms with van der Waals surface area (Å²) < 4.78 is 5.77. The lowest BCUT2D eigenvalue weighted by atomic mass is 10.1. The number of benzene rings is 1. The fraction of sp³-hybridized carbons (Fsp3) is 0.217. The number of hydrogen-bond acceptors (Lipinski definition) is 4. The molecule has 2 heterocycles. The van der Waals surface area contributed by atoms with Crippen LogP contribution in [0.25, 0.3) is 17.4 Å². The lowest BCUT2D eigenvalue weighted by Gasteiger charge is -2.04. The molecule has 0 bridgehead atoms. The Bertz CT molecular complexity index is 1160. The molecule has 8 heteroatoms. The summed E-state index contributed by atoms with van der Waals surface area (Å²) in [6.07, 6.45) is 7.90. The lowest BCUT2D eigenvalue weighted by molar-refractivity contribution is -0.111. The van der Waals surface area contributed by atoms with Crippen LogP contribution in [0.2, 0.25) is 10.0 Å². The topological polar surface area (TPSA) is 85.3 Å². The van der Waals surface area contributed by atoms with Crippen LogP contribution in [-0.4, -0.2) is 11.8 Å². The minimum absolute atomic E-state index is 0.359. The number of fused-ring (bicyclic) bond motifs is 1. The predicted octanol–water partition coefficient (Wildman–Crippen LogP) is 6.33. The van der Waals surface area contributed by atoms with Crippen LogP contribution in [0.3, 0.4) is 0 Å². The number of thiophene rings is 1. The summed E-state index contributed by atoms with van der Waals surface area (Å²) >= 11 is 13.5. The zero-order valence-electron chi connectivity index (χ0n) is 16.5. The minimum Gasteiger partial charge on any atom is -0.457 e. The number of rotatable bonds is 5. The molecule has 2 amide bonds. The SMILES string of the molecule is NC(=O)c1c(NC(=O)/C=C/c2ccc(-c3cc(Cl)cc(Cl)c3)o2)sc2c1CCCCC2. The second-order valence-electron chi connectivity index (χ2n) is 7.32. The van der Waals surface area contributed by atoms with Crippen LogP contribution in [0, 0.1) is 0 Å². The zero-order valence-corrected chi connectivity index (χ0v) is 18.9. The van der Waals surface area contributed by atoms with Crippen LogP contribution in [-0.2, 0) is 17.6 Å². The fourth-order valence-corrected chi connectivity index (χ4v) is 5.52. The molecule has 1 aromatic carbocycles. The normalized spacial score (nSPS) is 13.7. The Morgan fingerprint density at radius 1 is 1.06 bits per heavy atom. The van der Waals surface area contributed by atoms with Gasteiger partial charge in [-0.25, -0.2) is 0 Å². The number of amides is 2. The summed E-state index contributed by atoms with van der Waals surface area (Å²) in [5.74, 6) is 0.220. The molecule has 0 saturated carbocycles. The highest BCUT2D eigenvalue weighted by molar-refractivity contribution is 7.17. The second kappa shape index (κ2) is 9.30. The number of carbonyl (C=O) groups is 2. The number of halogens is 2. The number of primary amides is 1. The number of aryl methyl sites for hydroxylation is 1. The molecule has 160 valence electrons. The van der Waals surface area contributed by atoms with E-state index in [0.717, 1.165) is 48.1 Å². The van der Waals surface area contributed by atoms with Crippen LogP contribution >= 0.6 is 34.5 Å². The summed E-state index contributed by atoms with van der Waals surface area (Å²) in [7, 11) is 0. The van der Waals surface area contributed by atoms with Crippen molar-refractivity contribution in [1.82, 2.24) is 0 Å². The molecule has 4 rings (SSSR count). The lowest BCUT2D eigenvalue weighted by Crippen LogP contribution is -2.16. The van der Waals surface area contributed by atoms with Crippen LogP contribution < -0.4 is 11.1 Å². The van der Waals surface area contributed by atoms with Crippen LogP contribution in [0.4, 0.5) is 5.00 Å².